The van der Waals surface area contributed by atoms with Gasteiger partial charge in [0.05, 0.1) is 0 Å². The minimum absolute atomic E-state index is 0.526. The average molecular weight is 203 g/mol. The van der Waals surface area contributed by atoms with Gasteiger partial charge in [-0.15, -0.1) is 0 Å². The third kappa shape index (κ3) is 2.70. The quantitative estimate of drug-likeness (QED) is 0.693. The van der Waals surface area contributed by atoms with Crippen molar-refractivity contribution in [2.24, 2.45) is 0 Å². The molecule has 0 aliphatic carbocycles. The van der Waals surface area contributed by atoms with Gasteiger partial charge in [0.15, 0.2) is 0 Å². The summed E-state index contributed by atoms with van der Waals surface area (Å²) < 4.78 is 0. The van der Waals surface area contributed by atoms with E-state index in [0.29, 0.717) is 5.82 Å². The number of imidazole rings is 1. The van der Waals surface area contributed by atoms with Crippen LogP contribution in [0.2, 0.25) is 0 Å². The summed E-state index contributed by atoms with van der Waals surface area (Å²) in [6, 6.07) is 3.70. The molecule has 0 saturated heterocycles. The SMILES string of the molecule is Nc1cc(NCCc2ncc[nH]2)ccn1. The molecule has 2 aromatic heterocycles. The van der Waals surface area contributed by atoms with Crippen molar-refractivity contribution in [3.05, 3.63) is 36.5 Å². The van der Waals surface area contributed by atoms with E-state index in [1.165, 1.54) is 0 Å². The number of hydrogen-bond acceptors (Lipinski definition) is 4. The van der Waals surface area contributed by atoms with E-state index in [1.54, 1.807) is 12.4 Å². The summed E-state index contributed by atoms with van der Waals surface area (Å²) in [7, 11) is 0. The lowest BCUT2D eigenvalue weighted by atomic mass is 10.3. The maximum atomic E-state index is 5.56. The highest BCUT2D eigenvalue weighted by molar-refractivity contribution is 5.49. The first-order chi connectivity index (χ1) is 7.34. The number of nitrogens with two attached hydrogens (primary N) is 1. The molecule has 15 heavy (non-hydrogen) atoms. The number of nitrogens with one attached hydrogen (secondary N) is 2. The largest absolute Gasteiger partial charge is 0.384 e. The fourth-order valence-corrected chi connectivity index (χ4v) is 1.32. The Balaban J connectivity index is 1.83. The molecule has 0 aliphatic heterocycles. The van der Waals surface area contributed by atoms with Crippen molar-refractivity contribution in [3.63, 3.8) is 0 Å². The van der Waals surface area contributed by atoms with Crippen LogP contribution in [0.4, 0.5) is 11.5 Å². The van der Waals surface area contributed by atoms with Gasteiger partial charge in [-0.3, -0.25) is 0 Å². The highest BCUT2D eigenvalue weighted by Gasteiger charge is 1.95. The fraction of sp³-hybridized carbons (Fsp3) is 0.200. The first-order valence-corrected chi connectivity index (χ1v) is 4.78. The summed E-state index contributed by atoms with van der Waals surface area (Å²) in [5.41, 5.74) is 6.54. The lowest BCUT2D eigenvalue weighted by Gasteiger charge is -2.04. The molecule has 0 bridgehead atoms. The van der Waals surface area contributed by atoms with Gasteiger partial charge in [-0.25, -0.2) is 9.97 Å². The molecule has 0 amide bonds. The van der Waals surface area contributed by atoms with Crippen molar-refractivity contribution in [2.45, 2.75) is 6.42 Å². The molecule has 4 N–H and O–H groups in total. The molecule has 0 aromatic carbocycles. The number of nitrogen functional groups attached to an aromatic ring is 1. The summed E-state index contributed by atoms with van der Waals surface area (Å²) in [6.45, 7) is 0.816. The molecule has 0 aliphatic rings. The van der Waals surface area contributed by atoms with E-state index in [-0.39, 0.29) is 0 Å². The Labute approximate surface area is 87.8 Å². The van der Waals surface area contributed by atoms with Gasteiger partial charge in [-0.05, 0) is 6.07 Å². The molecule has 0 radical (unpaired) electrons. The predicted octanol–water partition coefficient (Wildman–Crippen LogP) is 1.04. The van der Waals surface area contributed by atoms with Gasteiger partial charge in [-0.2, -0.15) is 0 Å². The van der Waals surface area contributed by atoms with Crippen molar-refractivity contribution >= 4 is 11.5 Å². The second-order valence-electron chi connectivity index (χ2n) is 3.18. The molecule has 0 spiro atoms. The Kier molecular flexibility index (Phi) is 2.82. The van der Waals surface area contributed by atoms with E-state index in [1.807, 2.05) is 18.3 Å². The van der Waals surface area contributed by atoms with Gasteiger partial charge in [0.1, 0.15) is 11.6 Å². The van der Waals surface area contributed by atoms with Crippen LogP contribution < -0.4 is 11.1 Å². The molecule has 0 atom stereocenters. The highest BCUT2D eigenvalue weighted by atomic mass is 14.9. The summed E-state index contributed by atoms with van der Waals surface area (Å²) >= 11 is 0. The number of H-pyrrole nitrogens is 1. The van der Waals surface area contributed by atoms with Gasteiger partial charge >= 0.3 is 0 Å². The second-order valence-corrected chi connectivity index (χ2v) is 3.18. The minimum atomic E-state index is 0.526. The average Bonchev–Trinajstić information content (AvgIpc) is 2.71. The fourth-order valence-electron chi connectivity index (χ4n) is 1.32. The molecule has 5 heteroatoms. The molecule has 2 heterocycles. The maximum Gasteiger partial charge on any atom is 0.125 e. The Bertz CT molecular complexity index is 410. The number of aromatic nitrogens is 3. The summed E-state index contributed by atoms with van der Waals surface area (Å²) in [5, 5.41) is 3.24. The van der Waals surface area contributed by atoms with Crippen molar-refractivity contribution in [3.8, 4) is 0 Å². The molecule has 5 nitrogen and oxygen atoms in total. The Hall–Kier alpha value is -2.04. The Morgan fingerprint density at radius 3 is 3.00 bits per heavy atom. The van der Waals surface area contributed by atoms with Crippen molar-refractivity contribution in [1.82, 2.24) is 15.0 Å². The molecule has 0 fully saturated rings. The van der Waals surface area contributed by atoms with E-state index in [2.05, 4.69) is 20.3 Å². The first kappa shape index (κ1) is 9.51. The topological polar surface area (TPSA) is 79.6 Å². The van der Waals surface area contributed by atoms with Crippen LogP contribution in [0.25, 0.3) is 0 Å². The van der Waals surface area contributed by atoms with E-state index in [0.717, 1.165) is 24.5 Å². The first-order valence-electron chi connectivity index (χ1n) is 4.78. The van der Waals surface area contributed by atoms with Gasteiger partial charge in [0, 0.05) is 43.3 Å². The van der Waals surface area contributed by atoms with Crippen molar-refractivity contribution < 1.29 is 0 Å². The van der Waals surface area contributed by atoms with Crippen molar-refractivity contribution in [2.75, 3.05) is 17.6 Å². The molecule has 78 valence electrons. The maximum absolute atomic E-state index is 5.56. The molecular formula is C10H13N5. The predicted molar refractivity (Wildman–Crippen MR) is 59.4 cm³/mol. The number of anilines is 2. The van der Waals surface area contributed by atoms with Crippen molar-refractivity contribution in [1.29, 1.82) is 0 Å². The summed E-state index contributed by atoms with van der Waals surface area (Å²) in [5.74, 6) is 1.50. The van der Waals surface area contributed by atoms with Crippen LogP contribution >= 0.6 is 0 Å². The smallest absolute Gasteiger partial charge is 0.125 e. The monoisotopic (exact) mass is 203 g/mol. The Morgan fingerprint density at radius 2 is 2.27 bits per heavy atom. The lowest BCUT2D eigenvalue weighted by molar-refractivity contribution is 0.927. The number of aromatic amines is 1. The molecule has 2 aromatic rings. The minimum Gasteiger partial charge on any atom is -0.384 e. The van der Waals surface area contributed by atoms with E-state index in [9.17, 15) is 0 Å². The van der Waals surface area contributed by atoms with E-state index < -0.39 is 0 Å². The van der Waals surface area contributed by atoms with Gasteiger partial charge in [-0.1, -0.05) is 0 Å². The normalized spacial score (nSPS) is 10.1. The summed E-state index contributed by atoms with van der Waals surface area (Å²) in [6.07, 6.45) is 6.11. The second kappa shape index (κ2) is 4.45. The molecule has 2 rings (SSSR count). The number of hydrogen-bond donors (Lipinski definition) is 3. The highest BCUT2D eigenvalue weighted by Crippen LogP contribution is 2.08. The lowest BCUT2D eigenvalue weighted by Crippen LogP contribution is -2.06. The van der Waals surface area contributed by atoms with Gasteiger partial charge < -0.3 is 16.0 Å². The molecular weight excluding hydrogens is 190 g/mol. The third-order valence-corrected chi connectivity index (χ3v) is 2.03. The van der Waals surface area contributed by atoms with E-state index in [4.69, 9.17) is 5.73 Å². The summed E-state index contributed by atoms with van der Waals surface area (Å²) in [4.78, 5) is 11.1. The third-order valence-electron chi connectivity index (χ3n) is 2.03. The van der Waals surface area contributed by atoms with E-state index >= 15 is 0 Å². The molecule has 0 saturated carbocycles. The van der Waals surface area contributed by atoms with Crippen LogP contribution in [0.1, 0.15) is 5.82 Å². The van der Waals surface area contributed by atoms with Gasteiger partial charge in [0.2, 0.25) is 0 Å². The standard InChI is InChI=1S/C10H13N5/c11-9-7-8(1-3-13-9)12-4-2-10-14-5-6-15-10/h1,3,5-7H,2,4H2,(H,14,15)(H3,11,12,13). The van der Waals surface area contributed by atoms with Crippen LogP contribution in [0.3, 0.4) is 0 Å². The van der Waals surface area contributed by atoms with Crippen LogP contribution in [0.5, 0.6) is 0 Å². The zero-order valence-electron chi connectivity index (χ0n) is 8.27. The van der Waals surface area contributed by atoms with Crippen LogP contribution in [0, 0.1) is 0 Å². The zero-order chi connectivity index (χ0) is 10.5. The number of nitrogens with zero attached hydrogens (tertiary/aromatic N) is 2. The zero-order valence-corrected chi connectivity index (χ0v) is 8.27. The number of pyridine rings is 1. The Morgan fingerprint density at radius 1 is 1.33 bits per heavy atom. The van der Waals surface area contributed by atoms with Crippen LogP contribution in [-0.2, 0) is 6.42 Å². The van der Waals surface area contributed by atoms with Crippen LogP contribution in [0.15, 0.2) is 30.7 Å². The van der Waals surface area contributed by atoms with Gasteiger partial charge in [0.25, 0.3) is 0 Å². The molecule has 0 unspecified atom stereocenters. The number of rotatable bonds is 4. The van der Waals surface area contributed by atoms with Crippen LogP contribution in [-0.4, -0.2) is 21.5 Å².